The molecule has 0 spiro atoms. The number of fused-ring (bicyclic) bond motifs is 1. The Hall–Kier alpha value is -1.03. The molecule has 0 atom stereocenters. The number of hydrogen-bond acceptors (Lipinski definition) is 4. The molecule has 12 heavy (non-hydrogen) atoms. The van der Waals surface area contributed by atoms with Crippen LogP contribution in [0.1, 0.15) is 30.1 Å². The quantitative estimate of drug-likeness (QED) is 0.644. The highest BCUT2D eigenvalue weighted by Gasteiger charge is 2.12. The van der Waals surface area contributed by atoms with Gasteiger partial charge in [0.15, 0.2) is 5.82 Å². The van der Waals surface area contributed by atoms with E-state index in [0.717, 1.165) is 24.2 Å². The molecule has 64 valence electrons. The minimum Gasteiger partial charge on any atom is -0.324 e. The zero-order chi connectivity index (χ0) is 8.39. The summed E-state index contributed by atoms with van der Waals surface area (Å²) in [5.41, 5.74) is 7.59. The van der Waals surface area contributed by atoms with Crippen molar-refractivity contribution in [2.24, 2.45) is 5.73 Å². The molecule has 1 aromatic rings. The van der Waals surface area contributed by atoms with Crippen molar-refractivity contribution in [1.29, 1.82) is 0 Å². The summed E-state index contributed by atoms with van der Waals surface area (Å²) in [5.74, 6) is 0.663. The second-order valence-electron chi connectivity index (χ2n) is 3.03. The van der Waals surface area contributed by atoms with Crippen molar-refractivity contribution in [1.82, 2.24) is 15.2 Å². The van der Waals surface area contributed by atoms with E-state index in [-0.39, 0.29) is 0 Å². The van der Waals surface area contributed by atoms with Crippen LogP contribution in [0.4, 0.5) is 0 Å². The molecule has 0 unspecified atom stereocenters. The Morgan fingerprint density at radius 2 is 1.83 bits per heavy atom. The number of hydrogen-bond donors (Lipinski definition) is 1. The summed E-state index contributed by atoms with van der Waals surface area (Å²) < 4.78 is 0. The highest BCUT2D eigenvalue weighted by atomic mass is 15.2. The van der Waals surface area contributed by atoms with Gasteiger partial charge in [-0.25, -0.2) is 4.98 Å². The second kappa shape index (κ2) is 3.15. The second-order valence-corrected chi connectivity index (χ2v) is 3.03. The third-order valence-corrected chi connectivity index (χ3v) is 2.14. The van der Waals surface area contributed by atoms with Gasteiger partial charge in [0.2, 0.25) is 0 Å². The van der Waals surface area contributed by atoms with Gasteiger partial charge in [-0.2, -0.15) is 5.10 Å². The summed E-state index contributed by atoms with van der Waals surface area (Å²) in [7, 11) is 0. The lowest BCUT2D eigenvalue weighted by Crippen LogP contribution is -2.14. The van der Waals surface area contributed by atoms with Crippen LogP contribution >= 0.6 is 0 Å². The van der Waals surface area contributed by atoms with Crippen molar-refractivity contribution in [3.63, 3.8) is 0 Å². The lowest BCUT2D eigenvalue weighted by Gasteiger charge is -2.12. The first-order valence-electron chi connectivity index (χ1n) is 4.31. The lowest BCUT2D eigenvalue weighted by molar-refractivity contribution is 0.618. The number of nitrogens with two attached hydrogens (primary N) is 1. The number of aromatic nitrogens is 3. The zero-order valence-corrected chi connectivity index (χ0v) is 6.95. The van der Waals surface area contributed by atoms with Gasteiger partial charge in [-0.05, 0) is 25.7 Å². The van der Waals surface area contributed by atoms with Crippen molar-refractivity contribution in [2.75, 3.05) is 0 Å². The van der Waals surface area contributed by atoms with Crippen molar-refractivity contribution >= 4 is 0 Å². The van der Waals surface area contributed by atoms with Crippen LogP contribution < -0.4 is 5.73 Å². The highest BCUT2D eigenvalue weighted by Crippen LogP contribution is 2.15. The van der Waals surface area contributed by atoms with Crippen LogP contribution in [0, 0.1) is 0 Å². The molecule has 0 fully saturated rings. The summed E-state index contributed by atoms with van der Waals surface area (Å²) in [6.45, 7) is 0.389. The minimum atomic E-state index is 0.389. The van der Waals surface area contributed by atoms with Crippen molar-refractivity contribution in [3.05, 3.63) is 17.2 Å². The van der Waals surface area contributed by atoms with Crippen molar-refractivity contribution in [3.8, 4) is 0 Å². The van der Waals surface area contributed by atoms with E-state index >= 15 is 0 Å². The molecule has 0 radical (unpaired) electrons. The van der Waals surface area contributed by atoms with Crippen LogP contribution in [0.25, 0.3) is 0 Å². The number of aryl methyl sites for hydroxylation is 2. The SMILES string of the molecule is NCc1nnc2c(n1)CCCC2. The van der Waals surface area contributed by atoms with Gasteiger partial charge in [0.05, 0.1) is 17.9 Å². The molecule has 0 bridgehead atoms. The van der Waals surface area contributed by atoms with Gasteiger partial charge >= 0.3 is 0 Å². The fourth-order valence-corrected chi connectivity index (χ4v) is 1.48. The van der Waals surface area contributed by atoms with Gasteiger partial charge in [0.25, 0.3) is 0 Å². The molecule has 0 aromatic carbocycles. The van der Waals surface area contributed by atoms with Crippen LogP contribution in [0.15, 0.2) is 0 Å². The summed E-state index contributed by atoms with van der Waals surface area (Å²) in [4.78, 5) is 4.33. The van der Waals surface area contributed by atoms with E-state index in [2.05, 4.69) is 15.2 Å². The van der Waals surface area contributed by atoms with Crippen LogP contribution in [0.5, 0.6) is 0 Å². The Kier molecular flexibility index (Phi) is 1.99. The van der Waals surface area contributed by atoms with E-state index in [0.29, 0.717) is 12.4 Å². The molecule has 1 aromatic heterocycles. The Morgan fingerprint density at radius 3 is 2.58 bits per heavy atom. The molecule has 0 saturated heterocycles. The first kappa shape index (κ1) is 7.61. The largest absolute Gasteiger partial charge is 0.324 e. The smallest absolute Gasteiger partial charge is 0.164 e. The fourth-order valence-electron chi connectivity index (χ4n) is 1.48. The molecule has 4 nitrogen and oxygen atoms in total. The Balaban J connectivity index is 2.36. The molecular weight excluding hydrogens is 152 g/mol. The molecular formula is C8H12N4. The van der Waals surface area contributed by atoms with Crippen LogP contribution in [0.3, 0.4) is 0 Å². The van der Waals surface area contributed by atoms with E-state index in [1.807, 2.05) is 0 Å². The Labute approximate surface area is 71.2 Å². The van der Waals surface area contributed by atoms with Crippen molar-refractivity contribution < 1.29 is 0 Å². The third-order valence-electron chi connectivity index (χ3n) is 2.14. The van der Waals surface area contributed by atoms with Gasteiger partial charge in [0.1, 0.15) is 0 Å². The molecule has 1 aliphatic rings. The van der Waals surface area contributed by atoms with Gasteiger partial charge < -0.3 is 5.73 Å². The molecule has 1 heterocycles. The summed E-state index contributed by atoms with van der Waals surface area (Å²) >= 11 is 0. The molecule has 4 heteroatoms. The summed E-state index contributed by atoms with van der Waals surface area (Å²) in [5, 5.41) is 8.02. The highest BCUT2D eigenvalue weighted by molar-refractivity contribution is 5.13. The number of nitrogens with zero attached hydrogens (tertiary/aromatic N) is 3. The zero-order valence-electron chi connectivity index (χ0n) is 6.95. The standard InChI is InChI=1S/C8H12N4/c9-5-8-10-6-3-1-2-4-7(6)11-12-8/h1-5,9H2. The fraction of sp³-hybridized carbons (Fsp3) is 0.625. The number of rotatable bonds is 1. The predicted molar refractivity (Wildman–Crippen MR) is 44.4 cm³/mol. The maximum atomic E-state index is 5.42. The Morgan fingerprint density at radius 1 is 1.08 bits per heavy atom. The van der Waals surface area contributed by atoms with E-state index < -0.39 is 0 Å². The average Bonchev–Trinajstić information content (AvgIpc) is 2.17. The molecule has 0 saturated carbocycles. The third kappa shape index (κ3) is 1.30. The van der Waals surface area contributed by atoms with Gasteiger partial charge in [0, 0.05) is 0 Å². The van der Waals surface area contributed by atoms with Gasteiger partial charge in [-0.15, -0.1) is 5.10 Å². The van der Waals surface area contributed by atoms with E-state index in [1.165, 1.54) is 12.8 Å². The Bertz CT molecular complexity index is 284. The van der Waals surface area contributed by atoms with E-state index in [1.54, 1.807) is 0 Å². The molecule has 0 aliphatic heterocycles. The van der Waals surface area contributed by atoms with E-state index in [4.69, 9.17) is 5.73 Å². The maximum Gasteiger partial charge on any atom is 0.164 e. The molecule has 2 N–H and O–H groups in total. The molecule has 1 aliphatic carbocycles. The van der Waals surface area contributed by atoms with E-state index in [9.17, 15) is 0 Å². The first-order chi connectivity index (χ1) is 5.90. The molecule has 2 rings (SSSR count). The minimum absolute atomic E-state index is 0.389. The van der Waals surface area contributed by atoms with Gasteiger partial charge in [-0.3, -0.25) is 0 Å². The monoisotopic (exact) mass is 164 g/mol. The summed E-state index contributed by atoms with van der Waals surface area (Å²) in [6, 6.07) is 0. The average molecular weight is 164 g/mol. The van der Waals surface area contributed by atoms with Crippen LogP contribution in [-0.4, -0.2) is 15.2 Å². The predicted octanol–water partition coefficient (Wildman–Crippen LogP) is 0.209. The molecule has 0 amide bonds. The maximum absolute atomic E-state index is 5.42. The topological polar surface area (TPSA) is 64.7 Å². The summed E-state index contributed by atoms with van der Waals surface area (Å²) in [6.07, 6.45) is 4.50. The normalized spacial score (nSPS) is 15.8. The van der Waals surface area contributed by atoms with Crippen LogP contribution in [0.2, 0.25) is 0 Å². The van der Waals surface area contributed by atoms with Crippen molar-refractivity contribution in [2.45, 2.75) is 32.2 Å². The lowest BCUT2D eigenvalue weighted by atomic mass is 10.0. The van der Waals surface area contributed by atoms with Gasteiger partial charge in [-0.1, -0.05) is 0 Å². The van der Waals surface area contributed by atoms with Crippen LogP contribution in [-0.2, 0) is 19.4 Å². The first-order valence-corrected chi connectivity index (χ1v) is 4.31.